The lowest BCUT2D eigenvalue weighted by Gasteiger charge is -2.19. The molecule has 0 aliphatic carbocycles. The quantitative estimate of drug-likeness (QED) is 0.216. The lowest BCUT2D eigenvalue weighted by molar-refractivity contribution is -0.120. The first-order valence-electron chi connectivity index (χ1n) is 12.8. The molecular formula is C31H29FN6O2. The first kappa shape index (κ1) is 26.7. The first-order valence-corrected chi connectivity index (χ1v) is 12.8. The number of aromatic amines is 1. The van der Waals surface area contributed by atoms with E-state index < -0.39 is 11.4 Å². The standard InChI is InChI=1S/C31H29FN6O2/c1-18(19-8-10-24(32)11-9-19)36-29(39)23-12-22(13-25(14-23)37-30(40)31(2,3)33)27-17-35-28(38-27)26-15-20-6-4-5-7-21(20)16-34-26/h4-18H,33H2,1-3H3,(H,35,38)(H,36,39)(H,37,40)/t18-/m1/s1. The highest BCUT2D eigenvalue weighted by molar-refractivity contribution is 6.01. The summed E-state index contributed by atoms with van der Waals surface area (Å²) in [4.78, 5) is 38.3. The van der Waals surface area contributed by atoms with Crippen molar-refractivity contribution in [2.24, 2.45) is 5.73 Å². The van der Waals surface area contributed by atoms with Crippen LogP contribution in [0, 0.1) is 5.82 Å². The molecule has 0 saturated heterocycles. The number of hydrogen-bond donors (Lipinski definition) is 4. The van der Waals surface area contributed by atoms with Crippen molar-refractivity contribution in [1.29, 1.82) is 0 Å². The van der Waals surface area contributed by atoms with Gasteiger partial charge in [-0.25, -0.2) is 9.37 Å². The van der Waals surface area contributed by atoms with E-state index in [-0.39, 0.29) is 17.8 Å². The van der Waals surface area contributed by atoms with Crippen LogP contribution in [0.2, 0.25) is 0 Å². The highest BCUT2D eigenvalue weighted by Crippen LogP contribution is 2.28. The average molecular weight is 537 g/mol. The number of carbonyl (C=O) groups is 2. The smallest absolute Gasteiger partial charge is 0.251 e. The van der Waals surface area contributed by atoms with Crippen LogP contribution in [-0.2, 0) is 4.79 Å². The Morgan fingerprint density at radius 3 is 2.40 bits per heavy atom. The van der Waals surface area contributed by atoms with Crippen LogP contribution in [0.5, 0.6) is 0 Å². The van der Waals surface area contributed by atoms with E-state index >= 15 is 0 Å². The summed E-state index contributed by atoms with van der Waals surface area (Å²) in [6, 6.07) is 20.5. The molecule has 0 unspecified atom stereocenters. The maximum Gasteiger partial charge on any atom is 0.251 e. The molecule has 2 amide bonds. The van der Waals surface area contributed by atoms with E-state index in [1.54, 1.807) is 56.6 Å². The molecule has 3 aromatic carbocycles. The molecule has 0 bridgehead atoms. The third-order valence-electron chi connectivity index (χ3n) is 6.52. The van der Waals surface area contributed by atoms with Crippen molar-refractivity contribution in [3.8, 4) is 22.8 Å². The molecule has 2 aromatic heterocycles. The number of nitrogens with one attached hydrogen (secondary N) is 3. The van der Waals surface area contributed by atoms with Gasteiger partial charge in [0.1, 0.15) is 11.5 Å². The number of amides is 2. The molecule has 1 atom stereocenters. The Labute approximate surface area is 230 Å². The Bertz CT molecular complexity index is 1710. The molecule has 0 radical (unpaired) electrons. The zero-order valence-corrected chi connectivity index (χ0v) is 22.3. The van der Waals surface area contributed by atoms with Crippen LogP contribution in [0.4, 0.5) is 10.1 Å². The van der Waals surface area contributed by atoms with E-state index in [9.17, 15) is 14.0 Å². The minimum atomic E-state index is -1.13. The van der Waals surface area contributed by atoms with Crippen LogP contribution >= 0.6 is 0 Å². The van der Waals surface area contributed by atoms with Crippen LogP contribution < -0.4 is 16.4 Å². The van der Waals surface area contributed by atoms with Gasteiger partial charge in [0.05, 0.1) is 23.5 Å². The van der Waals surface area contributed by atoms with Gasteiger partial charge in [-0.3, -0.25) is 14.6 Å². The predicted octanol–water partition coefficient (Wildman–Crippen LogP) is 5.60. The van der Waals surface area contributed by atoms with Crippen molar-refractivity contribution in [3.63, 3.8) is 0 Å². The summed E-state index contributed by atoms with van der Waals surface area (Å²) in [6.45, 7) is 5.01. The van der Waals surface area contributed by atoms with Crippen LogP contribution in [0.1, 0.15) is 42.7 Å². The lowest BCUT2D eigenvalue weighted by Crippen LogP contribution is -2.45. The monoisotopic (exact) mass is 536 g/mol. The van der Waals surface area contributed by atoms with Gasteiger partial charge in [-0.1, -0.05) is 36.4 Å². The molecule has 202 valence electrons. The number of nitrogens with zero attached hydrogens (tertiary/aromatic N) is 2. The minimum absolute atomic E-state index is 0.316. The fraction of sp³-hybridized carbons (Fsp3) is 0.161. The number of halogens is 1. The molecule has 0 fully saturated rings. The summed E-state index contributed by atoms with van der Waals surface area (Å²) in [5, 5.41) is 7.80. The zero-order valence-electron chi connectivity index (χ0n) is 22.3. The van der Waals surface area contributed by atoms with Gasteiger partial charge in [0, 0.05) is 28.4 Å². The summed E-state index contributed by atoms with van der Waals surface area (Å²) in [6.07, 6.45) is 3.45. The molecule has 5 aromatic rings. The van der Waals surface area contributed by atoms with Crippen molar-refractivity contribution in [2.75, 3.05) is 5.32 Å². The number of H-pyrrole nitrogens is 1. The number of pyridine rings is 1. The number of fused-ring (bicyclic) bond motifs is 1. The Morgan fingerprint density at radius 1 is 0.950 bits per heavy atom. The summed E-state index contributed by atoms with van der Waals surface area (Å²) >= 11 is 0. The van der Waals surface area contributed by atoms with Crippen molar-refractivity contribution < 1.29 is 14.0 Å². The predicted molar refractivity (Wildman–Crippen MR) is 154 cm³/mol. The van der Waals surface area contributed by atoms with Gasteiger partial charge in [-0.2, -0.15) is 0 Å². The van der Waals surface area contributed by atoms with Crippen LogP contribution in [0.25, 0.3) is 33.5 Å². The van der Waals surface area contributed by atoms with E-state index in [2.05, 4.69) is 25.6 Å². The fourth-order valence-electron chi connectivity index (χ4n) is 4.20. The molecule has 8 nitrogen and oxygen atoms in total. The molecule has 5 rings (SSSR count). The summed E-state index contributed by atoms with van der Waals surface area (Å²) in [5.74, 6) is -0.552. The molecule has 40 heavy (non-hydrogen) atoms. The van der Waals surface area contributed by atoms with Crippen LogP contribution in [0.15, 0.2) is 85.2 Å². The van der Waals surface area contributed by atoms with E-state index in [4.69, 9.17) is 5.73 Å². The van der Waals surface area contributed by atoms with Gasteiger partial charge in [-0.05, 0) is 68.1 Å². The van der Waals surface area contributed by atoms with Crippen molar-refractivity contribution in [2.45, 2.75) is 32.4 Å². The Hall–Kier alpha value is -4.89. The summed E-state index contributed by atoms with van der Waals surface area (Å²) < 4.78 is 13.4. The average Bonchev–Trinajstić information content (AvgIpc) is 3.43. The molecule has 9 heteroatoms. The first-order chi connectivity index (χ1) is 19.1. The number of rotatable bonds is 7. The zero-order chi connectivity index (χ0) is 28.4. The molecule has 0 aliphatic rings. The largest absolute Gasteiger partial charge is 0.346 e. The van der Waals surface area contributed by atoms with Crippen molar-refractivity contribution in [1.82, 2.24) is 20.3 Å². The third-order valence-corrected chi connectivity index (χ3v) is 6.52. The highest BCUT2D eigenvalue weighted by atomic mass is 19.1. The second-order valence-corrected chi connectivity index (χ2v) is 10.3. The van der Waals surface area contributed by atoms with Gasteiger partial charge < -0.3 is 21.4 Å². The lowest BCUT2D eigenvalue weighted by atomic mass is 10.0. The topological polar surface area (TPSA) is 126 Å². The van der Waals surface area contributed by atoms with Crippen LogP contribution in [-0.4, -0.2) is 32.3 Å². The van der Waals surface area contributed by atoms with Gasteiger partial charge in [0.2, 0.25) is 5.91 Å². The Morgan fingerprint density at radius 2 is 1.68 bits per heavy atom. The van der Waals surface area contributed by atoms with Crippen molar-refractivity contribution >= 4 is 28.3 Å². The summed E-state index contributed by atoms with van der Waals surface area (Å²) in [7, 11) is 0. The Balaban J connectivity index is 1.48. The number of aromatic nitrogens is 3. The minimum Gasteiger partial charge on any atom is -0.346 e. The van der Waals surface area contributed by atoms with Gasteiger partial charge in [-0.15, -0.1) is 0 Å². The number of anilines is 1. The second kappa shape index (κ2) is 10.7. The van der Waals surface area contributed by atoms with E-state index in [1.165, 1.54) is 12.1 Å². The number of hydrogen-bond acceptors (Lipinski definition) is 5. The fourth-order valence-corrected chi connectivity index (χ4v) is 4.20. The maximum atomic E-state index is 13.4. The maximum absolute atomic E-state index is 13.4. The molecular weight excluding hydrogens is 507 g/mol. The van der Waals surface area contributed by atoms with Gasteiger partial charge in [0.25, 0.3) is 5.91 Å². The number of nitrogens with two attached hydrogens (primary N) is 1. The van der Waals surface area contributed by atoms with Crippen LogP contribution in [0.3, 0.4) is 0 Å². The highest BCUT2D eigenvalue weighted by Gasteiger charge is 2.23. The second-order valence-electron chi connectivity index (χ2n) is 10.3. The molecule has 5 N–H and O–H groups in total. The third kappa shape index (κ3) is 5.89. The normalized spacial score (nSPS) is 12.2. The molecule has 2 heterocycles. The molecule has 0 aliphatic heterocycles. The number of carbonyl (C=O) groups excluding carboxylic acids is 2. The summed E-state index contributed by atoms with van der Waals surface area (Å²) in [5.41, 5.74) is 8.26. The van der Waals surface area contributed by atoms with E-state index in [0.29, 0.717) is 34.0 Å². The van der Waals surface area contributed by atoms with E-state index in [0.717, 1.165) is 16.3 Å². The number of imidazole rings is 1. The molecule has 0 saturated carbocycles. The molecule has 0 spiro atoms. The van der Waals surface area contributed by atoms with E-state index in [1.807, 2.05) is 37.3 Å². The van der Waals surface area contributed by atoms with Crippen molar-refractivity contribution in [3.05, 3.63) is 102 Å². The van der Waals surface area contributed by atoms with Gasteiger partial charge in [0.15, 0.2) is 5.82 Å². The SMILES string of the molecule is C[C@@H](NC(=O)c1cc(NC(=O)C(C)(C)N)cc(-c2cnc(-c3cc4ccccc4cn3)[nH]2)c1)c1ccc(F)cc1. The number of benzene rings is 3. The van der Waals surface area contributed by atoms with Gasteiger partial charge >= 0.3 is 0 Å². The Kier molecular flexibility index (Phi) is 7.15.